The van der Waals surface area contributed by atoms with Crippen LogP contribution in [0.4, 0.5) is 0 Å². The number of hydrogen-bond acceptors (Lipinski definition) is 3. The summed E-state index contributed by atoms with van der Waals surface area (Å²) in [5.41, 5.74) is 0. The molecule has 0 spiro atoms. The summed E-state index contributed by atoms with van der Waals surface area (Å²) in [4.78, 5) is 4.86. The van der Waals surface area contributed by atoms with Crippen LogP contribution in [0.5, 0.6) is 0 Å². The van der Waals surface area contributed by atoms with E-state index in [2.05, 4.69) is 0 Å². The van der Waals surface area contributed by atoms with Gasteiger partial charge in [0.1, 0.15) is 0 Å². The lowest BCUT2D eigenvalue weighted by molar-refractivity contribution is -0.206. The van der Waals surface area contributed by atoms with E-state index in [1.165, 1.54) is 0 Å². The molecule has 1 rings (SSSR count). The minimum absolute atomic E-state index is 0.352. The molecule has 1 aliphatic rings. The number of aliphatic hydroxyl groups excluding tert-OH is 1. The maximum absolute atomic E-state index is 8.81. The fourth-order valence-corrected chi connectivity index (χ4v) is 0.779. The largest absolute Gasteiger partial charge is 0.366 e. The van der Waals surface area contributed by atoms with E-state index in [0.717, 1.165) is 6.42 Å². The highest BCUT2D eigenvalue weighted by Crippen LogP contribution is 2.15. The van der Waals surface area contributed by atoms with Gasteiger partial charge in [0.25, 0.3) is 0 Å². The van der Waals surface area contributed by atoms with Gasteiger partial charge in [-0.05, 0) is 6.92 Å². The van der Waals surface area contributed by atoms with E-state index in [-0.39, 0.29) is 0 Å². The van der Waals surface area contributed by atoms with Crippen molar-refractivity contribution < 1.29 is 9.94 Å². The van der Waals surface area contributed by atoms with Crippen molar-refractivity contribution in [2.24, 2.45) is 0 Å². The molecule has 0 radical (unpaired) electrons. The predicted molar refractivity (Wildman–Crippen MR) is 28.9 cm³/mol. The first-order chi connectivity index (χ1) is 3.70. The van der Waals surface area contributed by atoms with Crippen LogP contribution >= 0.6 is 0 Å². The first kappa shape index (κ1) is 6.01. The average Bonchev–Trinajstić information content (AvgIpc) is 1.85. The molecule has 1 heterocycles. The van der Waals surface area contributed by atoms with Crippen LogP contribution in [0.15, 0.2) is 0 Å². The Hall–Kier alpha value is -0.120. The summed E-state index contributed by atoms with van der Waals surface area (Å²) in [5.74, 6) is 0. The Morgan fingerprint density at radius 3 is 2.50 bits per heavy atom. The smallest absolute Gasteiger partial charge is 0.176 e. The van der Waals surface area contributed by atoms with Gasteiger partial charge in [0.05, 0.1) is 0 Å². The molecule has 3 heteroatoms. The third kappa shape index (κ3) is 0.992. The van der Waals surface area contributed by atoms with Crippen LogP contribution in [0, 0.1) is 0 Å². The molecular weight excluding hydrogens is 106 g/mol. The van der Waals surface area contributed by atoms with Crippen molar-refractivity contribution in [2.75, 3.05) is 7.05 Å². The van der Waals surface area contributed by atoms with Crippen molar-refractivity contribution >= 4 is 0 Å². The fraction of sp³-hybridized carbons (Fsp3) is 1.00. The minimum Gasteiger partial charge on any atom is -0.366 e. The summed E-state index contributed by atoms with van der Waals surface area (Å²) < 4.78 is 0. The van der Waals surface area contributed by atoms with Crippen LogP contribution in [-0.2, 0) is 4.84 Å². The lowest BCUT2D eigenvalue weighted by Crippen LogP contribution is -2.19. The van der Waals surface area contributed by atoms with E-state index in [0.29, 0.717) is 6.04 Å². The Morgan fingerprint density at radius 2 is 2.38 bits per heavy atom. The quantitative estimate of drug-likeness (QED) is 0.483. The maximum atomic E-state index is 8.81. The summed E-state index contributed by atoms with van der Waals surface area (Å²) >= 11 is 0. The topological polar surface area (TPSA) is 32.7 Å². The van der Waals surface area contributed by atoms with Crippen molar-refractivity contribution in [2.45, 2.75) is 25.7 Å². The molecule has 1 saturated heterocycles. The zero-order valence-electron chi connectivity index (χ0n) is 5.16. The number of hydroxylamine groups is 2. The van der Waals surface area contributed by atoms with E-state index in [1.807, 2.05) is 14.0 Å². The molecule has 0 aromatic heterocycles. The minimum atomic E-state index is -0.574. The third-order valence-electron chi connectivity index (χ3n) is 1.45. The molecule has 8 heavy (non-hydrogen) atoms. The van der Waals surface area contributed by atoms with Gasteiger partial charge in [-0.15, -0.1) is 0 Å². The van der Waals surface area contributed by atoms with E-state index >= 15 is 0 Å². The van der Waals surface area contributed by atoms with Crippen LogP contribution in [0.1, 0.15) is 13.3 Å². The van der Waals surface area contributed by atoms with Gasteiger partial charge in [-0.1, -0.05) is 0 Å². The summed E-state index contributed by atoms with van der Waals surface area (Å²) in [6.45, 7) is 2.01. The third-order valence-corrected chi connectivity index (χ3v) is 1.45. The van der Waals surface area contributed by atoms with Crippen LogP contribution < -0.4 is 0 Å². The summed E-state index contributed by atoms with van der Waals surface area (Å²) in [5, 5.41) is 10.5. The van der Waals surface area contributed by atoms with Gasteiger partial charge in [0, 0.05) is 19.5 Å². The molecule has 1 fully saturated rings. The van der Waals surface area contributed by atoms with Crippen molar-refractivity contribution in [1.82, 2.24) is 5.06 Å². The van der Waals surface area contributed by atoms with Crippen LogP contribution in [0.2, 0.25) is 0 Å². The second-order valence-electron chi connectivity index (χ2n) is 2.19. The summed E-state index contributed by atoms with van der Waals surface area (Å²) in [6.07, 6.45) is 0.145. The van der Waals surface area contributed by atoms with E-state index < -0.39 is 6.29 Å². The van der Waals surface area contributed by atoms with Gasteiger partial charge >= 0.3 is 0 Å². The van der Waals surface area contributed by atoms with Gasteiger partial charge in [-0.3, -0.25) is 4.84 Å². The lowest BCUT2D eigenvalue weighted by atomic mass is 10.2. The van der Waals surface area contributed by atoms with Crippen molar-refractivity contribution in [3.63, 3.8) is 0 Å². The number of aliphatic hydroxyl groups is 1. The Kier molecular flexibility index (Phi) is 1.51. The van der Waals surface area contributed by atoms with Crippen LogP contribution in [-0.4, -0.2) is 29.5 Å². The maximum Gasteiger partial charge on any atom is 0.176 e. The molecule has 48 valence electrons. The average molecular weight is 117 g/mol. The molecule has 0 amide bonds. The molecule has 1 aliphatic heterocycles. The highest BCUT2D eigenvalue weighted by atomic mass is 16.8. The molecule has 3 nitrogen and oxygen atoms in total. The lowest BCUT2D eigenvalue weighted by Gasteiger charge is -2.10. The van der Waals surface area contributed by atoms with Crippen LogP contribution in [0.25, 0.3) is 0 Å². The normalized spacial score (nSPS) is 40.9. The first-order valence-corrected chi connectivity index (χ1v) is 2.78. The number of hydrogen-bond donors (Lipinski definition) is 1. The second-order valence-corrected chi connectivity index (χ2v) is 2.19. The standard InChI is InChI=1S/C5H11NO2/c1-4-3-5(7)8-6(4)2/h4-5,7H,3H2,1-2H3/t4-,5?/m0/s1. The highest BCUT2D eigenvalue weighted by Gasteiger charge is 2.24. The number of rotatable bonds is 0. The molecule has 0 aromatic rings. The highest BCUT2D eigenvalue weighted by molar-refractivity contribution is 4.63. The van der Waals surface area contributed by atoms with Gasteiger partial charge in [-0.2, -0.15) is 5.06 Å². The SMILES string of the molecule is C[C@H]1CC(O)ON1C. The molecule has 0 aliphatic carbocycles. The summed E-state index contributed by atoms with van der Waals surface area (Å²) in [7, 11) is 1.82. The van der Waals surface area contributed by atoms with Crippen molar-refractivity contribution in [3.05, 3.63) is 0 Å². The Labute approximate surface area is 48.8 Å². The van der Waals surface area contributed by atoms with Gasteiger partial charge in [-0.25, -0.2) is 0 Å². The van der Waals surface area contributed by atoms with Crippen LogP contribution in [0.3, 0.4) is 0 Å². The van der Waals surface area contributed by atoms with E-state index in [1.54, 1.807) is 5.06 Å². The molecule has 1 N–H and O–H groups in total. The predicted octanol–water partition coefficient (Wildman–Crippen LogP) is -0.0396. The van der Waals surface area contributed by atoms with Crippen molar-refractivity contribution in [1.29, 1.82) is 0 Å². The van der Waals surface area contributed by atoms with E-state index in [4.69, 9.17) is 9.94 Å². The van der Waals surface area contributed by atoms with E-state index in [9.17, 15) is 0 Å². The monoisotopic (exact) mass is 117 g/mol. The Balaban J connectivity index is 2.39. The zero-order valence-corrected chi connectivity index (χ0v) is 5.16. The molecule has 1 unspecified atom stereocenters. The molecule has 0 saturated carbocycles. The van der Waals surface area contributed by atoms with Gasteiger partial charge < -0.3 is 5.11 Å². The molecule has 0 bridgehead atoms. The number of nitrogens with zero attached hydrogens (tertiary/aromatic N) is 1. The van der Waals surface area contributed by atoms with Crippen molar-refractivity contribution in [3.8, 4) is 0 Å². The molecule has 0 aromatic carbocycles. The Bertz CT molecular complexity index is 76.5. The van der Waals surface area contributed by atoms with Gasteiger partial charge in [0.15, 0.2) is 6.29 Å². The summed E-state index contributed by atoms with van der Waals surface area (Å²) in [6, 6.07) is 0.352. The zero-order chi connectivity index (χ0) is 6.15. The molecule has 2 atom stereocenters. The Morgan fingerprint density at radius 1 is 1.75 bits per heavy atom. The first-order valence-electron chi connectivity index (χ1n) is 2.78. The fourth-order valence-electron chi connectivity index (χ4n) is 0.779. The molecular formula is C5H11NO2. The van der Waals surface area contributed by atoms with Gasteiger partial charge in [0.2, 0.25) is 0 Å². The second kappa shape index (κ2) is 2.01.